The molecule has 7 aromatic rings. The van der Waals surface area contributed by atoms with Crippen LogP contribution in [0.1, 0.15) is 22.3 Å². The van der Waals surface area contributed by atoms with E-state index in [-0.39, 0.29) is 0 Å². The Morgan fingerprint density at radius 1 is 0.649 bits per heavy atom. The molecule has 0 aliphatic rings. The van der Waals surface area contributed by atoms with Crippen LogP contribution in [0.2, 0.25) is 0 Å². The Morgan fingerprint density at radius 3 is 2.24 bits per heavy atom. The van der Waals surface area contributed by atoms with Crippen molar-refractivity contribution in [3.8, 4) is 5.82 Å². The van der Waals surface area contributed by atoms with Gasteiger partial charge in [-0.25, -0.2) is 4.57 Å². The van der Waals surface area contributed by atoms with Gasteiger partial charge in [0.05, 0.1) is 13.2 Å². The predicted molar refractivity (Wildman–Crippen MR) is 155 cm³/mol. The molecule has 0 fully saturated rings. The zero-order valence-corrected chi connectivity index (χ0v) is 21.8. The van der Waals surface area contributed by atoms with Crippen molar-refractivity contribution in [3.05, 3.63) is 119 Å². The second-order valence-corrected chi connectivity index (χ2v) is 10.4. The van der Waals surface area contributed by atoms with E-state index in [9.17, 15) is 0 Å². The Kier molecular flexibility index (Phi) is 4.77. The lowest BCUT2D eigenvalue weighted by molar-refractivity contribution is -0.664. The van der Waals surface area contributed by atoms with Crippen LogP contribution in [0, 0.1) is 20.8 Å². The molecule has 0 saturated heterocycles. The number of para-hydroxylation sites is 1. The molecule has 0 atom stereocenters. The molecule has 4 aromatic carbocycles. The zero-order valence-electron chi connectivity index (χ0n) is 21.8. The second-order valence-electron chi connectivity index (χ2n) is 10.4. The smallest absolute Gasteiger partial charge is 0.311 e. The summed E-state index contributed by atoms with van der Waals surface area (Å²) >= 11 is 0. The third-order valence-electron chi connectivity index (χ3n) is 8.02. The summed E-state index contributed by atoms with van der Waals surface area (Å²) in [5, 5.41) is 5.19. The van der Waals surface area contributed by atoms with Gasteiger partial charge >= 0.3 is 5.82 Å². The van der Waals surface area contributed by atoms with Crippen LogP contribution >= 0.6 is 0 Å². The molecule has 0 bridgehead atoms. The van der Waals surface area contributed by atoms with Crippen molar-refractivity contribution in [1.82, 2.24) is 9.13 Å². The molecule has 3 aromatic heterocycles. The quantitative estimate of drug-likeness (QED) is 0.230. The van der Waals surface area contributed by atoms with Gasteiger partial charge < -0.3 is 4.57 Å². The van der Waals surface area contributed by atoms with Gasteiger partial charge in [0.2, 0.25) is 0 Å². The van der Waals surface area contributed by atoms with Gasteiger partial charge in [0.15, 0.2) is 0 Å². The Morgan fingerprint density at radius 2 is 1.41 bits per heavy atom. The third kappa shape index (κ3) is 3.17. The van der Waals surface area contributed by atoms with Crippen molar-refractivity contribution in [3.63, 3.8) is 0 Å². The first kappa shape index (κ1) is 21.9. The number of hydrogen-bond acceptors (Lipinski definition) is 0. The molecular weight excluding hydrogens is 450 g/mol. The van der Waals surface area contributed by atoms with Crippen molar-refractivity contribution >= 4 is 43.6 Å². The fourth-order valence-corrected chi connectivity index (χ4v) is 6.07. The fourth-order valence-electron chi connectivity index (χ4n) is 6.07. The molecule has 0 saturated carbocycles. The maximum absolute atomic E-state index is 2.51. The molecule has 0 aliphatic heterocycles. The van der Waals surface area contributed by atoms with Gasteiger partial charge in [-0.2, -0.15) is 4.57 Å². The van der Waals surface area contributed by atoms with Crippen LogP contribution in [0.3, 0.4) is 0 Å². The molecule has 0 spiro atoms. The second kappa shape index (κ2) is 8.07. The lowest BCUT2D eigenvalue weighted by atomic mass is 10.0. The van der Waals surface area contributed by atoms with E-state index in [0.717, 1.165) is 6.54 Å². The highest BCUT2D eigenvalue weighted by atomic mass is 15.2. The maximum atomic E-state index is 2.51. The van der Waals surface area contributed by atoms with Crippen LogP contribution in [0.4, 0.5) is 0 Å². The van der Waals surface area contributed by atoms with E-state index in [1.165, 1.54) is 71.7 Å². The minimum absolute atomic E-state index is 0.816. The van der Waals surface area contributed by atoms with Crippen molar-refractivity contribution in [2.24, 2.45) is 7.05 Å². The first-order valence-electron chi connectivity index (χ1n) is 13.0. The Hall–Kier alpha value is -4.37. The van der Waals surface area contributed by atoms with Gasteiger partial charge in [-0.05, 0) is 67.8 Å². The van der Waals surface area contributed by atoms with Crippen LogP contribution in [0.15, 0.2) is 97.2 Å². The summed E-state index contributed by atoms with van der Waals surface area (Å²) in [6, 6.07) is 33.3. The van der Waals surface area contributed by atoms with Crippen LogP contribution in [0.5, 0.6) is 0 Å². The molecule has 7 rings (SSSR count). The molecule has 3 nitrogen and oxygen atoms in total. The Labute approximate surface area is 216 Å². The Bertz CT molecular complexity index is 1990. The first-order valence-corrected chi connectivity index (χ1v) is 13.0. The van der Waals surface area contributed by atoms with E-state index < -0.39 is 0 Å². The minimum atomic E-state index is 0.816. The molecule has 37 heavy (non-hydrogen) atoms. The van der Waals surface area contributed by atoms with E-state index in [1.54, 1.807) is 0 Å². The van der Waals surface area contributed by atoms with Gasteiger partial charge in [0.25, 0.3) is 0 Å². The normalized spacial score (nSPS) is 11.9. The zero-order chi connectivity index (χ0) is 25.3. The van der Waals surface area contributed by atoms with Gasteiger partial charge in [-0.1, -0.05) is 66.2 Å². The van der Waals surface area contributed by atoms with E-state index in [2.05, 4.69) is 139 Å². The molecule has 0 radical (unpaired) electrons. The van der Waals surface area contributed by atoms with Crippen LogP contribution < -0.4 is 4.57 Å². The lowest BCUT2D eigenvalue weighted by Gasteiger charge is -2.12. The summed E-state index contributed by atoms with van der Waals surface area (Å²) in [5.74, 6) is 1.20. The number of nitrogens with zero attached hydrogens (tertiary/aromatic N) is 3. The first-order chi connectivity index (χ1) is 18.0. The number of aryl methyl sites for hydroxylation is 4. The van der Waals surface area contributed by atoms with E-state index in [1.807, 2.05) is 0 Å². The number of fused-ring (bicyclic) bond motifs is 6. The summed E-state index contributed by atoms with van der Waals surface area (Å²) in [5.41, 5.74) is 10.3. The SMILES string of the molecule is Cc1ccc2c(c1)c1ccc(C)c(C)c1n2-c1c2c(cc[n+]1C)c1ccccc1n2Cc1ccccc1. The van der Waals surface area contributed by atoms with Crippen LogP contribution in [-0.4, -0.2) is 9.13 Å². The van der Waals surface area contributed by atoms with Gasteiger partial charge in [0.1, 0.15) is 16.6 Å². The maximum Gasteiger partial charge on any atom is 0.311 e. The summed E-state index contributed by atoms with van der Waals surface area (Å²) in [6.45, 7) is 7.48. The molecule has 0 unspecified atom stereocenters. The van der Waals surface area contributed by atoms with Crippen molar-refractivity contribution in [2.75, 3.05) is 0 Å². The third-order valence-corrected chi connectivity index (χ3v) is 8.02. The molecule has 0 amide bonds. The van der Waals surface area contributed by atoms with Crippen molar-refractivity contribution in [1.29, 1.82) is 0 Å². The molecule has 180 valence electrons. The predicted octanol–water partition coefficient (Wildman–Crippen LogP) is 7.69. The monoisotopic (exact) mass is 480 g/mol. The number of pyridine rings is 1. The lowest BCUT2D eigenvalue weighted by Crippen LogP contribution is -2.34. The molecule has 0 N–H and O–H groups in total. The summed E-state index contributed by atoms with van der Waals surface area (Å²) in [6.07, 6.45) is 2.22. The Balaban J connectivity index is 1.70. The number of rotatable bonds is 3. The molecule has 0 aliphatic carbocycles. The summed E-state index contributed by atoms with van der Waals surface area (Å²) in [7, 11) is 2.18. The minimum Gasteiger partial charge on any atom is -0.329 e. The van der Waals surface area contributed by atoms with Crippen LogP contribution in [0.25, 0.3) is 49.4 Å². The highest BCUT2D eigenvalue weighted by Gasteiger charge is 2.28. The molecule has 3 heterocycles. The van der Waals surface area contributed by atoms with Crippen molar-refractivity contribution in [2.45, 2.75) is 27.3 Å². The van der Waals surface area contributed by atoms with Crippen LogP contribution in [-0.2, 0) is 13.6 Å². The van der Waals surface area contributed by atoms with Gasteiger partial charge in [0, 0.05) is 33.6 Å². The summed E-state index contributed by atoms with van der Waals surface area (Å²) in [4.78, 5) is 0. The number of benzene rings is 4. The highest BCUT2D eigenvalue weighted by molar-refractivity contribution is 6.14. The summed E-state index contributed by atoms with van der Waals surface area (Å²) < 4.78 is 7.31. The highest BCUT2D eigenvalue weighted by Crippen LogP contribution is 2.38. The average molecular weight is 481 g/mol. The molecular formula is C34H30N3+. The largest absolute Gasteiger partial charge is 0.329 e. The number of hydrogen-bond donors (Lipinski definition) is 0. The standard InChI is InChI=1S/C34H30N3/c1-22-14-17-31-29(20-22)27-16-15-23(2)24(3)32(27)37(31)34-33-28(18-19-35(34)4)26-12-8-9-13-30(26)36(33)21-25-10-6-5-7-11-25/h5-20H,21H2,1-4H3/q+1. The van der Waals surface area contributed by atoms with E-state index in [4.69, 9.17) is 0 Å². The number of aromatic nitrogens is 3. The molecule has 3 heteroatoms. The van der Waals surface area contributed by atoms with E-state index >= 15 is 0 Å². The van der Waals surface area contributed by atoms with E-state index in [0.29, 0.717) is 0 Å². The average Bonchev–Trinajstić information content (AvgIpc) is 3.40. The topological polar surface area (TPSA) is 13.7 Å². The van der Waals surface area contributed by atoms with Gasteiger partial charge in [-0.3, -0.25) is 0 Å². The fraction of sp³-hybridized carbons (Fsp3) is 0.147. The van der Waals surface area contributed by atoms with Crippen molar-refractivity contribution < 1.29 is 4.57 Å². The van der Waals surface area contributed by atoms with Gasteiger partial charge in [-0.15, -0.1) is 0 Å².